The van der Waals surface area contributed by atoms with Gasteiger partial charge in [0.25, 0.3) is 5.91 Å². The number of imidazole rings is 1. The van der Waals surface area contributed by atoms with E-state index in [1.165, 1.54) is 12.1 Å². The van der Waals surface area contributed by atoms with Gasteiger partial charge in [0.1, 0.15) is 17.3 Å². The van der Waals surface area contributed by atoms with Crippen LogP contribution in [0.15, 0.2) is 54.9 Å². The van der Waals surface area contributed by atoms with Crippen LogP contribution in [0, 0.1) is 5.82 Å². The van der Waals surface area contributed by atoms with Crippen LogP contribution in [0.1, 0.15) is 36.5 Å². The second-order valence-electron chi connectivity index (χ2n) is 7.65. The molecule has 4 rings (SSSR count). The first-order valence-corrected chi connectivity index (χ1v) is 10.5. The third-order valence-corrected chi connectivity index (χ3v) is 4.79. The zero-order valence-corrected chi connectivity index (χ0v) is 17.9. The third kappa shape index (κ3) is 5.08. The highest BCUT2D eigenvalue weighted by Gasteiger charge is 2.15. The van der Waals surface area contributed by atoms with Gasteiger partial charge in [-0.25, -0.2) is 19.3 Å². The summed E-state index contributed by atoms with van der Waals surface area (Å²) in [6.07, 6.45) is 4.92. The van der Waals surface area contributed by atoms with Crippen LogP contribution in [0.5, 0.6) is 5.88 Å². The number of nitrogens with zero attached hydrogens (tertiary/aromatic N) is 3. The SMILES string of the molecule is CC(C)Oc1nc2ccc(C(=O)NCCCc3ncc[nH]3)cc2nc1-c1ccc(F)cc1. The number of benzene rings is 2. The van der Waals surface area contributed by atoms with Gasteiger partial charge in [-0.05, 0) is 62.7 Å². The Morgan fingerprint density at radius 3 is 2.66 bits per heavy atom. The molecule has 0 atom stereocenters. The molecular formula is C24H24FN5O2. The molecule has 0 aliphatic heterocycles. The summed E-state index contributed by atoms with van der Waals surface area (Å²) in [5.74, 6) is 0.751. The maximum atomic E-state index is 13.4. The third-order valence-electron chi connectivity index (χ3n) is 4.79. The smallest absolute Gasteiger partial charge is 0.251 e. The highest BCUT2D eigenvalue weighted by Crippen LogP contribution is 2.30. The minimum Gasteiger partial charge on any atom is -0.473 e. The van der Waals surface area contributed by atoms with Gasteiger partial charge in [-0.1, -0.05) is 0 Å². The fourth-order valence-electron chi connectivity index (χ4n) is 3.28. The van der Waals surface area contributed by atoms with Gasteiger partial charge in [-0.15, -0.1) is 0 Å². The van der Waals surface area contributed by atoms with Crippen LogP contribution >= 0.6 is 0 Å². The molecule has 32 heavy (non-hydrogen) atoms. The largest absolute Gasteiger partial charge is 0.473 e. The first-order valence-electron chi connectivity index (χ1n) is 10.5. The van der Waals surface area contributed by atoms with E-state index in [1.54, 1.807) is 42.7 Å². The Hall–Kier alpha value is -3.81. The minimum absolute atomic E-state index is 0.104. The second kappa shape index (κ2) is 9.55. The van der Waals surface area contributed by atoms with Gasteiger partial charge in [0, 0.05) is 36.5 Å². The molecule has 0 saturated carbocycles. The van der Waals surface area contributed by atoms with E-state index in [4.69, 9.17) is 9.72 Å². The number of rotatable bonds is 8. The molecule has 0 spiro atoms. The number of halogens is 1. The predicted molar refractivity (Wildman–Crippen MR) is 120 cm³/mol. The molecule has 164 valence electrons. The van der Waals surface area contributed by atoms with Crippen LogP contribution in [-0.2, 0) is 6.42 Å². The lowest BCUT2D eigenvalue weighted by Gasteiger charge is -2.14. The summed E-state index contributed by atoms with van der Waals surface area (Å²) in [6, 6.07) is 11.2. The molecule has 0 unspecified atom stereocenters. The Morgan fingerprint density at radius 1 is 1.12 bits per heavy atom. The van der Waals surface area contributed by atoms with Gasteiger partial charge in [0.15, 0.2) is 0 Å². The van der Waals surface area contributed by atoms with E-state index in [0.29, 0.717) is 40.3 Å². The number of carbonyl (C=O) groups is 1. The Kier molecular flexibility index (Phi) is 6.39. The summed E-state index contributed by atoms with van der Waals surface area (Å²) in [6.45, 7) is 4.34. The summed E-state index contributed by atoms with van der Waals surface area (Å²) in [5, 5.41) is 2.92. The highest BCUT2D eigenvalue weighted by molar-refractivity contribution is 5.97. The van der Waals surface area contributed by atoms with Gasteiger partial charge in [-0.3, -0.25) is 4.79 Å². The second-order valence-corrected chi connectivity index (χ2v) is 7.65. The van der Waals surface area contributed by atoms with Crippen LogP contribution in [-0.4, -0.2) is 38.5 Å². The first-order chi connectivity index (χ1) is 15.5. The van der Waals surface area contributed by atoms with Crippen molar-refractivity contribution in [1.82, 2.24) is 25.3 Å². The Labute approximate surface area is 185 Å². The average molecular weight is 433 g/mol. The molecule has 2 aromatic carbocycles. The molecule has 0 bridgehead atoms. The van der Waals surface area contributed by atoms with Crippen LogP contribution in [0.3, 0.4) is 0 Å². The molecular weight excluding hydrogens is 409 g/mol. The summed E-state index contributed by atoms with van der Waals surface area (Å²) >= 11 is 0. The van der Waals surface area contributed by atoms with Crippen molar-refractivity contribution in [3.8, 4) is 17.1 Å². The van der Waals surface area contributed by atoms with E-state index in [-0.39, 0.29) is 17.8 Å². The van der Waals surface area contributed by atoms with Gasteiger partial charge in [0.05, 0.1) is 17.1 Å². The molecule has 2 N–H and O–H groups in total. The molecule has 0 fully saturated rings. The van der Waals surface area contributed by atoms with Crippen LogP contribution in [0.25, 0.3) is 22.3 Å². The van der Waals surface area contributed by atoms with Crippen molar-refractivity contribution in [3.05, 3.63) is 72.1 Å². The predicted octanol–water partition coefficient (Wildman–Crippen LogP) is 4.31. The van der Waals surface area contributed by atoms with E-state index in [1.807, 2.05) is 13.8 Å². The maximum Gasteiger partial charge on any atom is 0.251 e. The van der Waals surface area contributed by atoms with Gasteiger partial charge in [-0.2, -0.15) is 0 Å². The molecule has 2 heterocycles. The van der Waals surface area contributed by atoms with Gasteiger partial charge >= 0.3 is 0 Å². The standard InChI is InChI=1S/C24H24FN5O2/c1-15(2)32-24-22(16-5-8-18(25)9-6-16)29-20-14-17(7-10-19(20)30-24)23(31)28-11-3-4-21-26-12-13-27-21/h5-10,12-15H,3-4,11H2,1-2H3,(H,26,27)(H,28,31). The zero-order valence-electron chi connectivity index (χ0n) is 17.9. The number of nitrogens with one attached hydrogen (secondary N) is 2. The maximum absolute atomic E-state index is 13.4. The normalized spacial score (nSPS) is 11.1. The van der Waals surface area contributed by atoms with Crippen molar-refractivity contribution < 1.29 is 13.9 Å². The summed E-state index contributed by atoms with van der Waals surface area (Å²) in [5.41, 5.74) is 2.85. The molecule has 0 radical (unpaired) electrons. The molecule has 2 aromatic heterocycles. The van der Waals surface area contributed by atoms with Crippen LogP contribution in [0.4, 0.5) is 4.39 Å². The zero-order chi connectivity index (χ0) is 22.5. The van der Waals surface area contributed by atoms with Gasteiger partial charge in [0.2, 0.25) is 5.88 Å². The van der Waals surface area contributed by atoms with Crippen molar-refractivity contribution in [2.45, 2.75) is 32.8 Å². The summed E-state index contributed by atoms with van der Waals surface area (Å²) in [4.78, 5) is 29.1. The number of carbonyl (C=O) groups excluding carboxylic acids is 1. The summed E-state index contributed by atoms with van der Waals surface area (Å²) in [7, 11) is 0. The number of H-pyrrole nitrogens is 1. The lowest BCUT2D eigenvalue weighted by Crippen LogP contribution is -2.24. The topological polar surface area (TPSA) is 92.8 Å². The number of fused-ring (bicyclic) bond motifs is 1. The molecule has 4 aromatic rings. The lowest BCUT2D eigenvalue weighted by molar-refractivity contribution is 0.0953. The molecule has 7 nitrogen and oxygen atoms in total. The van der Waals surface area contributed by atoms with Crippen molar-refractivity contribution in [2.75, 3.05) is 6.54 Å². The quantitative estimate of drug-likeness (QED) is 0.404. The molecule has 0 saturated heterocycles. The fraction of sp³-hybridized carbons (Fsp3) is 0.250. The van der Waals surface area contributed by atoms with Crippen LogP contribution < -0.4 is 10.1 Å². The Bertz CT molecular complexity index is 1210. The average Bonchev–Trinajstić information content (AvgIpc) is 3.29. The van der Waals surface area contributed by atoms with Crippen molar-refractivity contribution in [1.29, 1.82) is 0 Å². The van der Waals surface area contributed by atoms with Crippen molar-refractivity contribution in [2.24, 2.45) is 0 Å². The Morgan fingerprint density at radius 2 is 1.94 bits per heavy atom. The number of amides is 1. The number of hydrogen-bond acceptors (Lipinski definition) is 5. The highest BCUT2D eigenvalue weighted by atomic mass is 19.1. The lowest BCUT2D eigenvalue weighted by atomic mass is 10.1. The molecule has 0 aliphatic carbocycles. The number of aromatic amines is 1. The van der Waals surface area contributed by atoms with E-state index < -0.39 is 0 Å². The first kappa shape index (κ1) is 21.4. The number of hydrogen-bond donors (Lipinski definition) is 2. The number of aromatic nitrogens is 4. The Balaban J connectivity index is 1.56. The van der Waals surface area contributed by atoms with E-state index in [2.05, 4.69) is 20.3 Å². The van der Waals surface area contributed by atoms with Crippen LogP contribution in [0.2, 0.25) is 0 Å². The molecule has 0 aliphatic rings. The van der Waals surface area contributed by atoms with E-state index in [0.717, 1.165) is 18.7 Å². The minimum atomic E-state index is -0.333. The molecule has 1 amide bonds. The van der Waals surface area contributed by atoms with E-state index >= 15 is 0 Å². The number of ether oxygens (including phenoxy) is 1. The van der Waals surface area contributed by atoms with Crippen molar-refractivity contribution in [3.63, 3.8) is 0 Å². The number of aryl methyl sites for hydroxylation is 1. The van der Waals surface area contributed by atoms with E-state index in [9.17, 15) is 9.18 Å². The summed E-state index contributed by atoms with van der Waals surface area (Å²) < 4.78 is 19.3. The van der Waals surface area contributed by atoms with Crippen molar-refractivity contribution >= 4 is 16.9 Å². The molecule has 8 heteroatoms. The monoisotopic (exact) mass is 433 g/mol. The van der Waals surface area contributed by atoms with Gasteiger partial charge < -0.3 is 15.0 Å². The fourth-order valence-corrected chi connectivity index (χ4v) is 3.28.